The lowest BCUT2D eigenvalue weighted by atomic mass is 9.98. The van der Waals surface area contributed by atoms with E-state index in [9.17, 15) is 4.79 Å². The zero-order chi connectivity index (χ0) is 16.8. The molecule has 1 aliphatic heterocycles. The van der Waals surface area contributed by atoms with Gasteiger partial charge >= 0.3 is 0 Å². The second-order valence-electron chi connectivity index (χ2n) is 6.20. The molecule has 2 aromatic rings. The average molecular weight is 315 g/mol. The second-order valence-corrected chi connectivity index (χ2v) is 6.20. The molecule has 0 atom stereocenters. The van der Waals surface area contributed by atoms with E-state index >= 15 is 0 Å². The Balaban J connectivity index is 1.44. The van der Waals surface area contributed by atoms with Gasteiger partial charge in [-0.25, -0.2) is 0 Å². The molecule has 0 N–H and O–H groups in total. The molecule has 3 rings (SSSR count). The third-order valence-corrected chi connectivity index (χ3v) is 4.19. The Morgan fingerprint density at radius 1 is 1.12 bits per heavy atom. The van der Waals surface area contributed by atoms with E-state index in [0.29, 0.717) is 5.92 Å². The lowest BCUT2D eigenvalue weighted by Gasteiger charge is -2.37. The number of benzene rings is 2. The zero-order valence-electron chi connectivity index (χ0n) is 13.9. The number of rotatable bonds is 4. The van der Waals surface area contributed by atoms with E-state index in [1.807, 2.05) is 30.3 Å². The first-order valence-corrected chi connectivity index (χ1v) is 8.26. The number of hydrogen-bond acceptors (Lipinski definition) is 2. The molecule has 1 fully saturated rings. The summed E-state index contributed by atoms with van der Waals surface area (Å²) in [4.78, 5) is 13.7. The first kappa shape index (κ1) is 16.2. The van der Waals surface area contributed by atoms with Gasteiger partial charge in [-0.05, 0) is 30.7 Å². The molecule has 1 saturated heterocycles. The predicted octanol–water partition coefficient (Wildman–Crippen LogP) is 3.93. The number of likely N-dealkylation sites (tertiary alicyclic amines) is 1. The average Bonchev–Trinajstić information content (AvgIpc) is 2.57. The summed E-state index contributed by atoms with van der Waals surface area (Å²) in [5, 5.41) is 0. The van der Waals surface area contributed by atoms with Gasteiger partial charge in [0, 0.05) is 36.7 Å². The molecule has 1 aliphatic rings. The van der Waals surface area contributed by atoms with E-state index < -0.39 is 0 Å². The minimum atomic E-state index is 0.0828. The Hall–Kier alpha value is -2.63. The SMILES string of the molecule is CC(=O)c1ccc(C#C/C=C/C2CN(Cc3ccccc3)C2)cc1. The number of Topliss-reactive ketones (excluding diaryl/α,β-unsaturated/α-hetero) is 1. The molecule has 2 aromatic carbocycles. The molecule has 0 saturated carbocycles. The fourth-order valence-corrected chi connectivity index (χ4v) is 2.80. The van der Waals surface area contributed by atoms with Crippen LogP contribution >= 0.6 is 0 Å². The van der Waals surface area contributed by atoms with E-state index in [0.717, 1.165) is 30.8 Å². The maximum atomic E-state index is 11.2. The molecule has 0 unspecified atom stereocenters. The minimum absolute atomic E-state index is 0.0828. The van der Waals surface area contributed by atoms with Crippen molar-refractivity contribution in [2.24, 2.45) is 5.92 Å². The van der Waals surface area contributed by atoms with Crippen LogP contribution in [0.5, 0.6) is 0 Å². The van der Waals surface area contributed by atoms with Crippen LogP contribution in [0.2, 0.25) is 0 Å². The van der Waals surface area contributed by atoms with Gasteiger partial charge in [-0.1, -0.05) is 60.4 Å². The minimum Gasteiger partial charge on any atom is -0.298 e. The molecule has 1 heterocycles. The van der Waals surface area contributed by atoms with Gasteiger partial charge in [-0.2, -0.15) is 0 Å². The molecule has 2 nitrogen and oxygen atoms in total. The Kier molecular flexibility index (Phi) is 5.25. The van der Waals surface area contributed by atoms with Crippen LogP contribution in [0.25, 0.3) is 0 Å². The summed E-state index contributed by atoms with van der Waals surface area (Å²) >= 11 is 0. The van der Waals surface area contributed by atoms with E-state index in [1.54, 1.807) is 6.92 Å². The Labute approximate surface area is 143 Å². The molecule has 0 radical (unpaired) electrons. The van der Waals surface area contributed by atoms with Gasteiger partial charge in [-0.3, -0.25) is 9.69 Å². The van der Waals surface area contributed by atoms with Crippen LogP contribution in [-0.2, 0) is 6.54 Å². The van der Waals surface area contributed by atoms with Crippen molar-refractivity contribution in [1.29, 1.82) is 0 Å². The van der Waals surface area contributed by atoms with E-state index in [-0.39, 0.29) is 5.78 Å². The summed E-state index contributed by atoms with van der Waals surface area (Å²) in [6, 6.07) is 18.0. The fourth-order valence-electron chi connectivity index (χ4n) is 2.80. The molecule has 0 bridgehead atoms. The van der Waals surface area contributed by atoms with Crippen molar-refractivity contribution in [3.63, 3.8) is 0 Å². The third kappa shape index (κ3) is 4.44. The zero-order valence-corrected chi connectivity index (χ0v) is 13.9. The van der Waals surface area contributed by atoms with E-state index in [1.165, 1.54) is 5.56 Å². The van der Waals surface area contributed by atoms with Crippen LogP contribution in [0.1, 0.15) is 28.4 Å². The van der Waals surface area contributed by atoms with Crippen molar-refractivity contribution >= 4 is 5.78 Å². The predicted molar refractivity (Wildman–Crippen MR) is 97.7 cm³/mol. The summed E-state index contributed by atoms with van der Waals surface area (Å²) in [5.41, 5.74) is 3.03. The number of allylic oxidation sites excluding steroid dienone is 1. The van der Waals surface area contributed by atoms with Crippen molar-refractivity contribution in [3.05, 3.63) is 83.4 Å². The van der Waals surface area contributed by atoms with Crippen LogP contribution in [0.4, 0.5) is 0 Å². The van der Waals surface area contributed by atoms with Crippen LogP contribution in [0, 0.1) is 17.8 Å². The van der Waals surface area contributed by atoms with E-state index in [4.69, 9.17) is 0 Å². The highest BCUT2D eigenvalue weighted by molar-refractivity contribution is 5.94. The second kappa shape index (κ2) is 7.77. The highest BCUT2D eigenvalue weighted by Crippen LogP contribution is 2.19. The molecule has 120 valence electrons. The van der Waals surface area contributed by atoms with Gasteiger partial charge in [0.2, 0.25) is 0 Å². The maximum absolute atomic E-state index is 11.2. The molecular formula is C22H21NO. The van der Waals surface area contributed by atoms with Gasteiger partial charge in [-0.15, -0.1) is 0 Å². The highest BCUT2D eigenvalue weighted by Gasteiger charge is 2.23. The number of ketones is 1. The molecule has 2 heteroatoms. The summed E-state index contributed by atoms with van der Waals surface area (Å²) in [5.74, 6) is 6.87. The number of carbonyl (C=O) groups excluding carboxylic acids is 1. The summed E-state index contributed by atoms with van der Waals surface area (Å²) in [6.45, 7) is 4.79. The van der Waals surface area contributed by atoms with Gasteiger partial charge in [0.05, 0.1) is 0 Å². The van der Waals surface area contributed by atoms with Crippen molar-refractivity contribution in [2.45, 2.75) is 13.5 Å². The molecular weight excluding hydrogens is 294 g/mol. The lowest BCUT2D eigenvalue weighted by Crippen LogP contribution is -2.44. The smallest absolute Gasteiger partial charge is 0.159 e. The third-order valence-electron chi connectivity index (χ3n) is 4.19. The fraction of sp³-hybridized carbons (Fsp3) is 0.227. The number of carbonyl (C=O) groups is 1. The first-order valence-electron chi connectivity index (χ1n) is 8.26. The van der Waals surface area contributed by atoms with Gasteiger partial charge in [0.1, 0.15) is 0 Å². The van der Waals surface area contributed by atoms with Gasteiger partial charge in [0.15, 0.2) is 5.78 Å². The largest absolute Gasteiger partial charge is 0.298 e. The molecule has 0 aromatic heterocycles. The summed E-state index contributed by atoms with van der Waals surface area (Å²) < 4.78 is 0. The van der Waals surface area contributed by atoms with Crippen molar-refractivity contribution in [3.8, 4) is 11.8 Å². The summed E-state index contributed by atoms with van der Waals surface area (Å²) in [7, 11) is 0. The van der Waals surface area contributed by atoms with Crippen molar-refractivity contribution in [2.75, 3.05) is 13.1 Å². The Morgan fingerprint density at radius 3 is 2.50 bits per heavy atom. The normalized spacial score (nSPS) is 14.9. The van der Waals surface area contributed by atoms with Crippen LogP contribution in [0.15, 0.2) is 66.7 Å². The monoisotopic (exact) mass is 315 g/mol. The van der Waals surface area contributed by atoms with Gasteiger partial charge < -0.3 is 0 Å². The molecule has 0 spiro atoms. The molecule has 0 aliphatic carbocycles. The molecule has 0 amide bonds. The first-order chi connectivity index (χ1) is 11.7. The number of hydrogen-bond donors (Lipinski definition) is 0. The quantitative estimate of drug-likeness (QED) is 0.629. The Morgan fingerprint density at radius 2 is 1.83 bits per heavy atom. The standard InChI is InChI=1S/C22H21NO/c1-18(24)22-13-11-19(12-14-22)7-5-6-10-21-16-23(17-21)15-20-8-3-2-4-9-20/h2-4,6,8-14,21H,15-17H2,1H3/b10-6+. The van der Waals surface area contributed by atoms with Crippen molar-refractivity contribution < 1.29 is 4.79 Å². The lowest BCUT2D eigenvalue weighted by molar-refractivity contribution is 0.101. The maximum Gasteiger partial charge on any atom is 0.159 e. The van der Waals surface area contributed by atoms with Gasteiger partial charge in [0.25, 0.3) is 0 Å². The highest BCUT2D eigenvalue weighted by atomic mass is 16.1. The molecule has 24 heavy (non-hydrogen) atoms. The van der Waals surface area contributed by atoms with Crippen molar-refractivity contribution in [1.82, 2.24) is 4.90 Å². The van der Waals surface area contributed by atoms with E-state index in [2.05, 4.69) is 53.1 Å². The van der Waals surface area contributed by atoms with Crippen LogP contribution in [-0.4, -0.2) is 23.8 Å². The topological polar surface area (TPSA) is 20.3 Å². The number of nitrogens with zero attached hydrogens (tertiary/aromatic N) is 1. The summed E-state index contributed by atoms with van der Waals surface area (Å²) in [6.07, 6.45) is 4.14. The van der Waals surface area contributed by atoms with Crippen LogP contribution < -0.4 is 0 Å². The Bertz CT molecular complexity index is 772. The van der Waals surface area contributed by atoms with Crippen LogP contribution in [0.3, 0.4) is 0 Å².